The smallest absolute Gasteiger partial charge is 0.124 e. The summed E-state index contributed by atoms with van der Waals surface area (Å²) in [7, 11) is 0. The number of hydrogen-bond acceptors (Lipinski definition) is 1. The van der Waals surface area contributed by atoms with Crippen LogP contribution in [-0.2, 0) is 0 Å². The highest BCUT2D eigenvalue weighted by atomic mass is 35.5. The first-order valence-corrected chi connectivity index (χ1v) is 8.23. The predicted molar refractivity (Wildman–Crippen MR) is 81.4 cm³/mol. The van der Waals surface area contributed by atoms with Crippen LogP contribution in [0.15, 0.2) is 18.2 Å². The number of benzene rings is 1. The molecule has 0 heterocycles. The van der Waals surface area contributed by atoms with Gasteiger partial charge < -0.3 is 5.32 Å². The molecule has 1 nitrogen and oxygen atoms in total. The third-order valence-corrected chi connectivity index (χ3v) is 5.54. The highest BCUT2D eigenvalue weighted by Gasteiger charge is 2.40. The third-order valence-electron chi connectivity index (χ3n) is 5.21. The summed E-state index contributed by atoms with van der Waals surface area (Å²) in [6.45, 7) is 3.03. The molecule has 20 heavy (non-hydrogen) atoms. The lowest BCUT2D eigenvalue weighted by molar-refractivity contribution is 0.280. The Kier molecular flexibility index (Phi) is 4.32. The summed E-state index contributed by atoms with van der Waals surface area (Å²) in [5.74, 6) is 2.45. The summed E-state index contributed by atoms with van der Waals surface area (Å²) < 4.78 is 13.2. The normalized spacial score (nSPS) is 29.9. The second-order valence-corrected chi connectivity index (χ2v) is 6.85. The first-order chi connectivity index (χ1) is 9.67. The van der Waals surface area contributed by atoms with Crippen LogP contribution in [0.25, 0.3) is 0 Å². The fraction of sp³-hybridized carbons (Fsp3) is 0.647. The van der Waals surface area contributed by atoms with E-state index in [1.54, 1.807) is 0 Å². The van der Waals surface area contributed by atoms with Crippen LogP contribution in [0.4, 0.5) is 4.39 Å². The lowest BCUT2D eigenvalue weighted by Gasteiger charge is -2.28. The Hall–Kier alpha value is -0.600. The molecule has 2 aliphatic carbocycles. The number of nitrogens with one attached hydrogen (secondary N) is 1. The van der Waals surface area contributed by atoms with E-state index < -0.39 is 0 Å². The standard InChI is InChI=1S/C17H23ClFN/c1-2-20-17(15-6-5-14(19)10-16(15)18)9-13-8-11-3-4-12(13)7-11/h5-6,10-13,17,20H,2-4,7-9H2,1H3. The molecule has 4 unspecified atom stereocenters. The van der Waals surface area contributed by atoms with Crippen LogP contribution >= 0.6 is 11.6 Å². The topological polar surface area (TPSA) is 12.0 Å². The molecule has 4 atom stereocenters. The van der Waals surface area contributed by atoms with Gasteiger partial charge >= 0.3 is 0 Å². The molecule has 3 heteroatoms. The Labute approximate surface area is 125 Å². The maximum Gasteiger partial charge on any atom is 0.124 e. The van der Waals surface area contributed by atoms with Crippen LogP contribution in [0, 0.1) is 23.6 Å². The van der Waals surface area contributed by atoms with Crippen molar-refractivity contribution in [1.82, 2.24) is 5.32 Å². The molecule has 0 amide bonds. The molecule has 2 aliphatic rings. The molecule has 0 radical (unpaired) electrons. The van der Waals surface area contributed by atoms with Gasteiger partial charge in [0.15, 0.2) is 0 Å². The zero-order chi connectivity index (χ0) is 14.1. The molecule has 0 aliphatic heterocycles. The molecule has 110 valence electrons. The lowest BCUT2D eigenvalue weighted by Crippen LogP contribution is -2.25. The molecule has 0 saturated heterocycles. The molecule has 2 saturated carbocycles. The second kappa shape index (κ2) is 6.03. The number of halogens is 2. The molecule has 0 aromatic heterocycles. The van der Waals surface area contributed by atoms with Gasteiger partial charge in [-0.1, -0.05) is 31.0 Å². The minimum atomic E-state index is -0.256. The molecular formula is C17H23ClFN. The number of rotatable bonds is 5. The van der Waals surface area contributed by atoms with E-state index in [1.165, 1.54) is 37.8 Å². The van der Waals surface area contributed by atoms with Crippen LogP contribution in [0.3, 0.4) is 0 Å². The average molecular weight is 296 g/mol. The maximum atomic E-state index is 13.2. The van der Waals surface area contributed by atoms with E-state index in [0.29, 0.717) is 5.02 Å². The SMILES string of the molecule is CCNC(CC1CC2CCC1C2)c1ccc(F)cc1Cl. The Bertz CT molecular complexity index is 476. The van der Waals surface area contributed by atoms with Gasteiger partial charge in [-0.3, -0.25) is 0 Å². The van der Waals surface area contributed by atoms with E-state index in [2.05, 4.69) is 12.2 Å². The van der Waals surface area contributed by atoms with Crippen molar-refractivity contribution in [3.63, 3.8) is 0 Å². The fourth-order valence-corrected chi connectivity index (χ4v) is 4.62. The Morgan fingerprint density at radius 3 is 2.80 bits per heavy atom. The predicted octanol–water partition coefficient (Wildman–Crippen LogP) is 4.96. The lowest BCUT2D eigenvalue weighted by atomic mass is 9.82. The van der Waals surface area contributed by atoms with Gasteiger partial charge in [0.2, 0.25) is 0 Å². The summed E-state index contributed by atoms with van der Waals surface area (Å²) in [6.07, 6.45) is 6.79. The second-order valence-electron chi connectivity index (χ2n) is 6.45. The number of fused-ring (bicyclic) bond motifs is 2. The van der Waals surface area contributed by atoms with E-state index in [4.69, 9.17) is 11.6 Å². The number of hydrogen-bond donors (Lipinski definition) is 1. The van der Waals surface area contributed by atoms with Crippen molar-refractivity contribution in [2.24, 2.45) is 17.8 Å². The molecule has 2 bridgehead atoms. The van der Waals surface area contributed by atoms with Crippen molar-refractivity contribution in [1.29, 1.82) is 0 Å². The fourth-order valence-electron chi connectivity index (χ4n) is 4.32. The van der Waals surface area contributed by atoms with Gasteiger partial charge in [-0.05, 0) is 67.7 Å². The van der Waals surface area contributed by atoms with Crippen molar-refractivity contribution in [3.8, 4) is 0 Å². The average Bonchev–Trinajstić information content (AvgIpc) is 3.00. The molecular weight excluding hydrogens is 273 g/mol. The molecule has 1 aromatic carbocycles. The van der Waals surface area contributed by atoms with E-state index in [9.17, 15) is 4.39 Å². The van der Waals surface area contributed by atoms with E-state index in [0.717, 1.165) is 36.3 Å². The maximum absolute atomic E-state index is 13.2. The van der Waals surface area contributed by atoms with Crippen LogP contribution in [0.1, 0.15) is 50.6 Å². The van der Waals surface area contributed by atoms with Crippen LogP contribution in [0.5, 0.6) is 0 Å². The summed E-state index contributed by atoms with van der Waals surface area (Å²) in [4.78, 5) is 0. The highest BCUT2D eigenvalue weighted by molar-refractivity contribution is 6.31. The van der Waals surface area contributed by atoms with Crippen molar-refractivity contribution >= 4 is 11.6 Å². The minimum absolute atomic E-state index is 0.256. The zero-order valence-electron chi connectivity index (χ0n) is 12.0. The largest absolute Gasteiger partial charge is 0.310 e. The molecule has 3 rings (SSSR count). The first-order valence-electron chi connectivity index (χ1n) is 7.85. The van der Waals surface area contributed by atoms with Crippen LogP contribution < -0.4 is 5.32 Å². The van der Waals surface area contributed by atoms with E-state index >= 15 is 0 Å². The van der Waals surface area contributed by atoms with Gasteiger partial charge in [0.05, 0.1) is 0 Å². The van der Waals surface area contributed by atoms with Gasteiger partial charge in [0.1, 0.15) is 5.82 Å². The molecule has 0 spiro atoms. The Morgan fingerprint density at radius 2 is 2.20 bits per heavy atom. The Morgan fingerprint density at radius 1 is 1.35 bits per heavy atom. The van der Waals surface area contributed by atoms with Gasteiger partial charge in [-0.25, -0.2) is 4.39 Å². The van der Waals surface area contributed by atoms with Gasteiger partial charge in [0.25, 0.3) is 0 Å². The van der Waals surface area contributed by atoms with Gasteiger partial charge in [-0.2, -0.15) is 0 Å². The van der Waals surface area contributed by atoms with Crippen molar-refractivity contribution < 1.29 is 4.39 Å². The van der Waals surface area contributed by atoms with Gasteiger partial charge in [0, 0.05) is 11.1 Å². The van der Waals surface area contributed by atoms with Crippen molar-refractivity contribution in [2.45, 2.75) is 45.1 Å². The van der Waals surface area contributed by atoms with Crippen molar-refractivity contribution in [3.05, 3.63) is 34.6 Å². The quantitative estimate of drug-likeness (QED) is 0.810. The van der Waals surface area contributed by atoms with E-state index in [1.807, 2.05) is 6.07 Å². The van der Waals surface area contributed by atoms with Crippen LogP contribution in [0.2, 0.25) is 5.02 Å². The first kappa shape index (κ1) is 14.3. The Balaban J connectivity index is 1.75. The summed E-state index contributed by atoms with van der Waals surface area (Å²) in [5.41, 5.74) is 1.05. The zero-order valence-corrected chi connectivity index (χ0v) is 12.8. The summed E-state index contributed by atoms with van der Waals surface area (Å²) in [5, 5.41) is 4.09. The monoisotopic (exact) mass is 295 g/mol. The minimum Gasteiger partial charge on any atom is -0.310 e. The van der Waals surface area contributed by atoms with Gasteiger partial charge in [-0.15, -0.1) is 0 Å². The highest BCUT2D eigenvalue weighted by Crippen LogP contribution is 2.51. The third kappa shape index (κ3) is 2.87. The van der Waals surface area contributed by atoms with Crippen molar-refractivity contribution in [2.75, 3.05) is 6.54 Å². The molecule has 1 N–H and O–H groups in total. The summed E-state index contributed by atoms with van der Waals surface area (Å²) in [6, 6.07) is 5.06. The van der Waals surface area contributed by atoms with E-state index in [-0.39, 0.29) is 11.9 Å². The summed E-state index contributed by atoms with van der Waals surface area (Å²) >= 11 is 6.24. The molecule has 2 fully saturated rings. The van der Waals surface area contributed by atoms with Crippen LogP contribution in [-0.4, -0.2) is 6.54 Å². The molecule has 1 aromatic rings.